The smallest absolute Gasteiger partial charge is 0.260 e. The van der Waals surface area contributed by atoms with Crippen molar-refractivity contribution in [2.24, 2.45) is 0 Å². The van der Waals surface area contributed by atoms with E-state index in [1.807, 2.05) is 18.2 Å². The molecule has 4 rings (SSSR count). The third-order valence-corrected chi connectivity index (χ3v) is 7.54. The van der Waals surface area contributed by atoms with Gasteiger partial charge in [-0.05, 0) is 48.7 Å². The lowest BCUT2D eigenvalue weighted by Crippen LogP contribution is -2.48. The van der Waals surface area contributed by atoms with Crippen LogP contribution in [-0.2, 0) is 11.3 Å². The van der Waals surface area contributed by atoms with E-state index in [9.17, 15) is 9.59 Å². The van der Waals surface area contributed by atoms with Crippen LogP contribution in [0.4, 0.5) is 0 Å². The Morgan fingerprint density at radius 1 is 0.861 bits per heavy atom. The van der Waals surface area contributed by atoms with Crippen molar-refractivity contribution < 1.29 is 14.3 Å². The number of likely N-dealkylation sites (tertiary alicyclic amines) is 1. The summed E-state index contributed by atoms with van der Waals surface area (Å²) in [5.74, 6) is 0.00846. The molecule has 0 bridgehead atoms. The zero-order valence-electron chi connectivity index (χ0n) is 20.1. The van der Waals surface area contributed by atoms with Crippen LogP contribution in [0.15, 0.2) is 36.4 Å². The number of rotatable bonds is 9. The molecule has 2 amide bonds. The van der Waals surface area contributed by atoms with Crippen molar-refractivity contribution >= 4 is 46.6 Å². The molecule has 2 aromatic rings. The minimum atomic E-state index is -0.242. The van der Waals surface area contributed by atoms with E-state index in [-0.39, 0.29) is 18.4 Å². The van der Waals surface area contributed by atoms with Crippen molar-refractivity contribution in [2.75, 3.05) is 59.0 Å². The number of halogens is 3. The molecule has 0 spiro atoms. The van der Waals surface area contributed by atoms with Crippen molar-refractivity contribution in [3.63, 3.8) is 0 Å². The van der Waals surface area contributed by atoms with Gasteiger partial charge in [-0.3, -0.25) is 19.4 Å². The minimum Gasteiger partial charge on any atom is -0.483 e. The van der Waals surface area contributed by atoms with Gasteiger partial charge in [0.1, 0.15) is 5.75 Å². The molecule has 36 heavy (non-hydrogen) atoms. The maximum atomic E-state index is 12.8. The number of ether oxygens (including phenoxy) is 1. The number of benzene rings is 2. The second-order valence-electron chi connectivity index (χ2n) is 9.14. The highest BCUT2D eigenvalue weighted by Crippen LogP contribution is 2.25. The fourth-order valence-corrected chi connectivity index (χ4v) is 4.97. The fraction of sp³-hybridized carbons (Fsp3) is 0.462. The van der Waals surface area contributed by atoms with E-state index >= 15 is 0 Å². The van der Waals surface area contributed by atoms with Crippen LogP contribution in [0.3, 0.4) is 0 Å². The number of nitrogens with zero attached hydrogens (tertiary/aromatic N) is 3. The molecule has 0 atom stereocenters. The number of hydrogen-bond donors (Lipinski definition) is 1. The third kappa shape index (κ3) is 7.49. The topological polar surface area (TPSA) is 65.1 Å². The Balaban J connectivity index is 1.21. The van der Waals surface area contributed by atoms with Crippen molar-refractivity contribution in [2.45, 2.75) is 19.4 Å². The van der Waals surface area contributed by atoms with Crippen molar-refractivity contribution in [3.05, 3.63) is 62.6 Å². The van der Waals surface area contributed by atoms with E-state index in [2.05, 4.69) is 15.1 Å². The molecule has 10 heteroatoms. The van der Waals surface area contributed by atoms with E-state index in [1.54, 1.807) is 23.1 Å². The first-order valence-electron chi connectivity index (χ1n) is 12.3. The summed E-state index contributed by atoms with van der Waals surface area (Å²) < 4.78 is 5.72. The number of nitrogens with one attached hydrogen (secondary N) is 1. The van der Waals surface area contributed by atoms with Gasteiger partial charge in [-0.1, -0.05) is 40.9 Å². The number of carbonyl (C=O) groups is 2. The monoisotopic (exact) mass is 552 g/mol. The Kier molecular flexibility index (Phi) is 9.73. The Labute approximate surface area is 227 Å². The molecule has 0 radical (unpaired) electrons. The van der Waals surface area contributed by atoms with Gasteiger partial charge in [0.25, 0.3) is 11.8 Å². The normalized spacial score (nSPS) is 16.8. The summed E-state index contributed by atoms with van der Waals surface area (Å²) in [5.41, 5.74) is 1.52. The molecular weight excluding hydrogens is 523 g/mol. The Morgan fingerprint density at radius 3 is 2.31 bits per heavy atom. The van der Waals surface area contributed by atoms with E-state index in [4.69, 9.17) is 39.5 Å². The zero-order chi connectivity index (χ0) is 25.5. The molecule has 194 valence electrons. The SMILES string of the molecule is O=C(NCCN1CCN(Cc2ccc(Cl)c(Cl)c2)CC1)c1ccc(Cl)cc1OCC(=O)N1CCCC1. The van der Waals surface area contributed by atoms with Crippen LogP contribution in [0.5, 0.6) is 5.75 Å². The Bertz CT molecular complexity index is 1070. The summed E-state index contributed by atoms with van der Waals surface area (Å²) in [5, 5.41) is 4.57. The molecule has 1 N–H and O–H groups in total. The second-order valence-corrected chi connectivity index (χ2v) is 10.4. The lowest BCUT2D eigenvalue weighted by atomic mass is 10.2. The number of carbonyl (C=O) groups excluding carboxylic acids is 2. The summed E-state index contributed by atoms with van der Waals surface area (Å²) in [4.78, 5) is 31.7. The van der Waals surface area contributed by atoms with Crippen LogP contribution in [0.2, 0.25) is 15.1 Å². The highest BCUT2D eigenvalue weighted by Gasteiger charge is 2.21. The average molecular weight is 554 g/mol. The van der Waals surface area contributed by atoms with Gasteiger partial charge in [-0.2, -0.15) is 0 Å². The van der Waals surface area contributed by atoms with Gasteiger partial charge in [0.2, 0.25) is 0 Å². The Hall–Kier alpha value is -2.03. The molecule has 2 heterocycles. The van der Waals surface area contributed by atoms with Gasteiger partial charge < -0.3 is 15.0 Å². The van der Waals surface area contributed by atoms with Crippen LogP contribution in [-0.4, -0.2) is 85.5 Å². The van der Waals surface area contributed by atoms with Crippen molar-refractivity contribution in [1.29, 1.82) is 0 Å². The van der Waals surface area contributed by atoms with Gasteiger partial charge in [0.05, 0.1) is 15.6 Å². The molecule has 2 fully saturated rings. The predicted molar refractivity (Wildman–Crippen MR) is 143 cm³/mol. The molecule has 2 aliphatic heterocycles. The Morgan fingerprint density at radius 2 is 1.58 bits per heavy atom. The van der Waals surface area contributed by atoms with E-state index in [0.717, 1.165) is 70.8 Å². The lowest BCUT2D eigenvalue weighted by Gasteiger charge is -2.34. The molecule has 7 nitrogen and oxygen atoms in total. The van der Waals surface area contributed by atoms with Crippen LogP contribution < -0.4 is 10.1 Å². The van der Waals surface area contributed by atoms with Crippen LogP contribution in [0, 0.1) is 0 Å². The van der Waals surface area contributed by atoms with Crippen LogP contribution >= 0.6 is 34.8 Å². The summed E-state index contributed by atoms with van der Waals surface area (Å²) in [6.45, 7) is 7.24. The van der Waals surface area contributed by atoms with Gasteiger partial charge in [-0.25, -0.2) is 0 Å². The molecule has 0 unspecified atom stereocenters. The summed E-state index contributed by atoms with van der Waals surface area (Å²) in [6, 6.07) is 10.6. The fourth-order valence-electron chi connectivity index (χ4n) is 4.49. The number of hydrogen-bond acceptors (Lipinski definition) is 5. The second kappa shape index (κ2) is 13.0. The van der Waals surface area contributed by atoms with Crippen molar-refractivity contribution in [1.82, 2.24) is 20.0 Å². The first-order valence-corrected chi connectivity index (χ1v) is 13.4. The molecule has 2 aliphatic rings. The van der Waals surface area contributed by atoms with Crippen molar-refractivity contribution in [3.8, 4) is 5.75 Å². The van der Waals surface area contributed by atoms with Gasteiger partial charge in [-0.15, -0.1) is 0 Å². The molecule has 0 aliphatic carbocycles. The third-order valence-electron chi connectivity index (χ3n) is 6.57. The highest BCUT2D eigenvalue weighted by atomic mass is 35.5. The largest absolute Gasteiger partial charge is 0.483 e. The highest BCUT2D eigenvalue weighted by molar-refractivity contribution is 6.42. The molecular formula is C26H31Cl3N4O3. The quantitative estimate of drug-likeness (QED) is 0.504. The number of amides is 2. The predicted octanol–water partition coefficient (Wildman–Crippen LogP) is 4.20. The first kappa shape index (κ1) is 27.0. The molecule has 2 saturated heterocycles. The average Bonchev–Trinajstić information content (AvgIpc) is 3.41. The molecule has 0 saturated carbocycles. The lowest BCUT2D eigenvalue weighted by molar-refractivity contribution is -0.132. The zero-order valence-corrected chi connectivity index (χ0v) is 22.4. The molecule has 0 aromatic heterocycles. The standard InChI is InChI=1S/C26H31Cl3N4O3/c27-20-4-5-21(24(16-20)36-18-25(34)33-8-1-2-9-33)26(35)30-7-10-31-11-13-32(14-12-31)17-19-3-6-22(28)23(29)15-19/h3-6,15-16H,1-2,7-14,17-18H2,(H,30,35). The van der Waals surface area contributed by atoms with Gasteiger partial charge >= 0.3 is 0 Å². The molecule has 2 aromatic carbocycles. The van der Waals surface area contributed by atoms with Crippen LogP contribution in [0.1, 0.15) is 28.8 Å². The summed E-state index contributed by atoms with van der Waals surface area (Å²) in [6.07, 6.45) is 2.03. The maximum absolute atomic E-state index is 12.8. The maximum Gasteiger partial charge on any atom is 0.260 e. The minimum absolute atomic E-state index is 0.0721. The summed E-state index contributed by atoms with van der Waals surface area (Å²) >= 11 is 18.3. The van der Waals surface area contributed by atoms with Gasteiger partial charge in [0, 0.05) is 63.9 Å². The van der Waals surface area contributed by atoms with Crippen LogP contribution in [0.25, 0.3) is 0 Å². The summed E-state index contributed by atoms with van der Waals surface area (Å²) in [7, 11) is 0. The first-order chi connectivity index (χ1) is 17.4. The van der Waals surface area contributed by atoms with E-state index in [0.29, 0.717) is 32.9 Å². The van der Waals surface area contributed by atoms with Gasteiger partial charge in [0.15, 0.2) is 6.61 Å². The number of piperazine rings is 1. The van der Waals surface area contributed by atoms with E-state index < -0.39 is 0 Å². The van der Waals surface area contributed by atoms with E-state index in [1.165, 1.54) is 0 Å².